The van der Waals surface area contributed by atoms with Crippen molar-refractivity contribution in [2.75, 3.05) is 6.61 Å². The number of nitrogens with two attached hydrogens (primary N) is 1. The van der Waals surface area contributed by atoms with Crippen molar-refractivity contribution in [2.24, 2.45) is 5.73 Å². The molecule has 0 saturated heterocycles. The topological polar surface area (TPSA) is 35.2 Å². The molecule has 1 aromatic rings. The van der Waals surface area contributed by atoms with Crippen LogP contribution in [0.2, 0.25) is 0 Å². The van der Waals surface area contributed by atoms with Gasteiger partial charge in [-0.3, -0.25) is 0 Å². The first-order chi connectivity index (χ1) is 7.13. The number of halogens is 3. The second-order valence-corrected chi connectivity index (χ2v) is 3.29. The summed E-state index contributed by atoms with van der Waals surface area (Å²) >= 11 is 0. The molecular formula is C11H16ClF2NO. The zero-order chi connectivity index (χ0) is 11.3. The highest BCUT2D eigenvalue weighted by molar-refractivity contribution is 5.85. The third kappa shape index (κ3) is 4.77. The quantitative estimate of drug-likeness (QED) is 0.873. The molecule has 0 aliphatic carbocycles. The second kappa shape index (κ2) is 7.41. The molecule has 0 heterocycles. The molecule has 0 aliphatic rings. The first-order valence-electron chi connectivity index (χ1n) is 4.90. The fraction of sp³-hybridized carbons (Fsp3) is 0.455. The standard InChI is InChI=1S/C11H15F2NO.ClH/c1-2-10(14)8-3-5-9(6-4-8)15-7-11(12)13;/h3-6,10-11H,2,7,14H2,1H3;1H. The van der Waals surface area contributed by atoms with Crippen molar-refractivity contribution in [1.82, 2.24) is 0 Å². The molecule has 1 rings (SSSR count). The molecule has 1 unspecified atom stereocenters. The second-order valence-electron chi connectivity index (χ2n) is 3.29. The van der Waals surface area contributed by atoms with Crippen LogP contribution >= 0.6 is 12.4 Å². The lowest BCUT2D eigenvalue weighted by Crippen LogP contribution is -2.09. The van der Waals surface area contributed by atoms with Gasteiger partial charge in [0.05, 0.1) is 0 Å². The van der Waals surface area contributed by atoms with Gasteiger partial charge in [-0.25, -0.2) is 8.78 Å². The summed E-state index contributed by atoms with van der Waals surface area (Å²) in [6, 6.07) is 6.92. The van der Waals surface area contributed by atoms with Gasteiger partial charge in [-0.1, -0.05) is 19.1 Å². The van der Waals surface area contributed by atoms with Crippen molar-refractivity contribution in [3.05, 3.63) is 29.8 Å². The van der Waals surface area contributed by atoms with Crippen LogP contribution in [0.25, 0.3) is 0 Å². The fourth-order valence-electron chi connectivity index (χ4n) is 1.21. The Morgan fingerprint density at radius 2 is 1.81 bits per heavy atom. The van der Waals surface area contributed by atoms with E-state index in [2.05, 4.69) is 0 Å². The molecular weight excluding hydrogens is 236 g/mol. The summed E-state index contributed by atoms with van der Waals surface area (Å²) < 4.78 is 28.5. The molecule has 0 aliphatic heterocycles. The Balaban J connectivity index is 0.00000225. The molecule has 0 radical (unpaired) electrons. The molecule has 0 bridgehead atoms. The first kappa shape index (κ1) is 15.1. The summed E-state index contributed by atoms with van der Waals surface area (Å²) in [6.45, 7) is 1.42. The summed E-state index contributed by atoms with van der Waals surface area (Å²) in [5.74, 6) is 0.447. The van der Waals surface area contributed by atoms with Gasteiger partial charge in [-0.05, 0) is 24.1 Å². The Bertz CT molecular complexity index is 293. The van der Waals surface area contributed by atoms with Crippen molar-refractivity contribution in [3.63, 3.8) is 0 Å². The van der Waals surface area contributed by atoms with E-state index in [1.54, 1.807) is 24.3 Å². The molecule has 1 aromatic carbocycles. The molecule has 0 spiro atoms. The lowest BCUT2D eigenvalue weighted by atomic mass is 10.1. The Morgan fingerprint density at radius 1 is 1.25 bits per heavy atom. The van der Waals surface area contributed by atoms with Crippen molar-refractivity contribution < 1.29 is 13.5 Å². The molecule has 0 amide bonds. The van der Waals surface area contributed by atoms with Crippen LogP contribution in [-0.2, 0) is 0 Å². The molecule has 92 valence electrons. The third-order valence-electron chi connectivity index (χ3n) is 2.12. The van der Waals surface area contributed by atoms with Crippen LogP contribution in [0.4, 0.5) is 8.78 Å². The van der Waals surface area contributed by atoms with Gasteiger partial charge in [-0.2, -0.15) is 0 Å². The van der Waals surface area contributed by atoms with Crippen LogP contribution < -0.4 is 10.5 Å². The van der Waals surface area contributed by atoms with E-state index < -0.39 is 13.0 Å². The van der Waals surface area contributed by atoms with Crippen LogP contribution in [0.5, 0.6) is 5.75 Å². The monoisotopic (exact) mass is 251 g/mol. The van der Waals surface area contributed by atoms with Crippen LogP contribution in [0.15, 0.2) is 24.3 Å². The number of benzene rings is 1. The summed E-state index contributed by atoms with van der Waals surface area (Å²) in [6.07, 6.45) is -1.60. The number of hydrogen-bond donors (Lipinski definition) is 1. The van der Waals surface area contributed by atoms with Crippen LogP contribution in [0.3, 0.4) is 0 Å². The van der Waals surface area contributed by atoms with Crippen LogP contribution in [-0.4, -0.2) is 13.0 Å². The van der Waals surface area contributed by atoms with Crippen LogP contribution in [0, 0.1) is 0 Å². The molecule has 0 aromatic heterocycles. The number of ether oxygens (including phenoxy) is 1. The predicted molar refractivity (Wildman–Crippen MR) is 62.4 cm³/mol. The van der Waals surface area contributed by atoms with Crippen molar-refractivity contribution in [2.45, 2.75) is 25.8 Å². The molecule has 1 atom stereocenters. The molecule has 2 N–H and O–H groups in total. The minimum Gasteiger partial charge on any atom is -0.488 e. The first-order valence-corrected chi connectivity index (χ1v) is 4.90. The van der Waals surface area contributed by atoms with E-state index in [9.17, 15) is 8.78 Å². The summed E-state index contributed by atoms with van der Waals surface area (Å²) in [4.78, 5) is 0. The van der Waals surface area contributed by atoms with Gasteiger partial charge in [-0.15, -0.1) is 12.4 Å². The van der Waals surface area contributed by atoms with Crippen molar-refractivity contribution in [1.29, 1.82) is 0 Å². The number of alkyl halides is 2. The number of hydrogen-bond acceptors (Lipinski definition) is 2. The molecule has 5 heteroatoms. The van der Waals surface area contributed by atoms with E-state index in [1.807, 2.05) is 6.92 Å². The van der Waals surface area contributed by atoms with E-state index in [-0.39, 0.29) is 18.4 Å². The number of rotatable bonds is 5. The van der Waals surface area contributed by atoms with Gasteiger partial charge in [0.2, 0.25) is 0 Å². The van der Waals surface area contributed by atoms with Crippen LogP contribution in [0.1, 0.15) is 24.9 Å². The van der Waals surface area contributed by atoms with Gasteiger partial charge in [0, 0.05) is 6.04 Å². The van der Waals surface area contributed by atoms with Gasteiger partial charge in [0.15, 0.2) is 0 Å². The maximum Gasteiger partial charge on any atom is 0.272 e. The third-order valence-corrected chi connectivity index (χ3v) is 2.12. The highest BCUT2D eigenvalue weighted by Gasteiger charge is 2.05. The average molecular weight is 252 g/mol. The summed E-state index contributed by atoms with van der Waals surface area (Å²) in [7, 11) is 0. The summed E-state index contributed by atoms with van der Waals surface area (Å²) in [5.41, 5.74) is 6.79. The highest BCUT2D eigenvalue weighted by Crippen LogP contribution is 2.18. The van der Waals surface area contributed by atoms with Gasteiger partial charge < -0.3 is 10.5 Å². The van der Waals surface area contributed by atoms with Crippen molar-refractivity contribution in [3.8, 4) is 5.75 Å². The molecule has 0 saturated carbocycles. The average Bonchev–Trinajstić information content (AvgIpc) is 2.26. The minimum atomic E-state index is -2.44. The van der Waals surface area contributed by atoms with E-state index >= 15 is 0 Å². The Labute approximate surface area is 100 Å². The Kier molecular flexibility index (Phi) is 7.01. The smallest absolute Gasteiger partial charge is 0.272 e. The largest absolute Gasteiger partial charge is 0.488 e. The van der Waals surface area contributed by atoms with E-state index in [4.69, 9.17) is 10.5 Å². The molecule has 0 fully saturated rings. The Hall–Kier alpha value is -0.870. The maximum absolute atomic E-state index is 11.8. The minimum absolute atomic E-state index is 0. The van der Waals surface area contributed by atoms with E-state index in [0.717, 1.165) is 12.0 Å². The lowest BCUT2D eigenvalue weighted by molar-refractivity contribution is 0.0819. The van der Waals surface area contributed by atoms with Crippen molar-refractivity contribution >= 4 is 12.4 Å². The fourth-order valence-corrected chi connectivity index (χ4v) is 1.21. The van der Waals surface area contributed by atoms with E-state index in [1.165, 1.54) is 0 Å². The highest BCUT2D eigenvalue weighted by atomic mass is 35.5. The van der Waals surface area contributed by atoms with Gasteiger partial charge >= 0.3 is 0 Å². The summed E-state index contributed by atoms with van der Waals surface area (Å²) in [5, 5.41) is 0. The van der Waals surface area contributed by atoms with Gasteiger partial charge in [0.1, 0.15) is 12.4 Å². The maximum atomic E-state index is 11.8. The zero-order valence-electron chi connectivity index (χ0n) is 9.03. The van der Waals surface area contributed by atoms with E-state index in [0.29, 0.717) is 5.75 Å². The Morgan fingerprint density at radius 3 is 2.25 bits per heavy atom. The SMILES string of the molecule is CCC(N)c1ccc(OCC(F)F)cc1.Cl. The molecule has 2 nitrogen and oxygen atoms in total. The molecule has 16 heavy (non-hydrogen) atoms. The normalized spacial score (nSPS) is 12.1. The lowest BCUT2D eigenvalue weighted by Gasteiger charge is -2.10. The van der Waals surface area contributed by atoms with Gasteiger partial charge in [0.25, 0.3) is 6.43 Å². The zero-order valence-corrected chi connectivity index (χ0v) is 9.84. The predicted octanol–water partition coefficient (Wildman–Crippen LogP) is 3.16.